The van der Waals surface area contributed by atoms with Crippen LogP contribution in [-0.4, -0.2) is 4.98 Å². The maximum atomic E-state index is 6.30. The van der Waals surface area contributed by atoms with E-state index in [0.29, 0.717) is 0 Å². The molecular weight excluding hydrogens is 228 g/mol. The fourth-order valence-corrected chi connectivity index (χ4v) is 3.79. The van der Waals surface area contributed by atoms with Crippen LogP contribution in [0, 0.1) is 11.3 Å². The second kappa shape index (κ2) is 4.69. The van der Waals surface area contributed by atoms with E-state index in [1.165, 1.54) is 29.8 Å². The van der Waals surface area contributed by atoms with Gasteiger partial charge < -0.3 is 5.73 Å². The molecule has 0 aliphatic heterocycles. The van der Waals surface area contributed by atoms with E-state index in [9.17, 15) is 0 Å². The number of aryl methyl sites for hydroxylation is 1. The fraction of sp³-hybridized carbons (Fsp3) is 0.786. The lowest BCUT2D eigenvalue weighted by atomic mass is 9.87. The highest BCUT2D eigenvalue weighted by molar-refractivity contribution is 7.11. The van der Waals surface area contributed by atoms with Crippen LogP contribution in [-0.2, 0) is 12.8 Å². The van der Waals surface area contributed by atoms with E-state index in [0.717, 1.165) is 17.3 Å². The molecule has 2 N–H and O–H groups in total. The molecule has 2 rings (SSSR count). The summed E-state index contributed by atoms with van der Waals surface area (Å²) in [4.78, 5) is 6.28. The van der Waals surface area contributed by atoms with Gasteiger partial charge in [0, 0.05) is 4.88 Å². The number of nitrogens with two attached hydrogens (primary N) is 1. The number of hydrogen-bond acceptors (Lipinski definition) is 3. The largest absolute Gasteiger partial charge is 0.322 e. The van der Waals surface area contributed by atoms with E-state index < -0.39 is 0 Å². The van der Waals surface area contributed by atoms with Crippen LogP contribution in [0.2, 0.25) is 0 Å². The molecule has 0 saturated carbocycles. The van der Waals surface area contributed by atoms with E-state index in [1.807, 2.05) is 11.3 Å². The maximum Gasteiger partial charge on any atom is 0.110 e. The number of hydrogen-bond donors (Lipinski definition) is 1. The van der Waals surface area contributed by atoms with Crippen LogP contribution >= 0.6 is 11.3 Å². The number of nitrogens with zero attached hydrogens (tertiary/aromatic N) is 1. The molecule has 0 bridgehead atoms. The van der Waals surface area contributed by atoms with E-state index >= 15 is 0 Å². The number of fused-ring (bicyclic) bond motifs is 1. The van der Waals surface area contributed by atoms with Crippen LogP contribution in [0.5, 0.6) is 0 Å². The molecule has 1 aromatic heterocycles. The molecule has 0 fully saturated rings. The van der Waals surface area contributed by atoms with Crippen molar-refractivity contribution < 1.29 is 0 Å². The second-order valence-corrected chi connectivity index (χ2v) is 7.40. The lowest BCUT2D eigenvalue weighted by molar-refractivity contribution is 0.325. The quantitative estimate of drug-likeness (QED) is 0.871. The van der Waals surface area contributed by atoms with Gasteiger partial charge in [0.15, 0.2) is 0 Å². The Morgan fingerprint density at radius 2 is 2.18 bits per heavy atom. The summed E-state index contributed by atoms with van der Waals surface area (Å²) in [6.07, 6.45) is 4.97. The van der Waals surface area contributed by atoms with Gasteiger partial charge in [-0.2, -0.15) is 0 Å². The van der Waals surface area contributed by atoms with Crippen LogP contribution in [0.4, 0.5) is 0 Å². The van der Waals surface area contributed by atoms with Gasteiger partial charge in [-0.15, -0.1) is 11.3 Å². The average Bonchev–Trinajstić information content (AvgIpc) is 2.68. The Labute approximate surface area is 109 Å². The smallest absolute Gasteiger partial charge is 0.110 e. The van der Waals surface area contributed by atoms with Crippen molar-refractivity contribution in [3.8, 4) is 0 Å². The second-order valence-electron chi connectivity index (χ2n) is 6.28. The minimum absolute atomic E-state index is 0.0678. The van der Waals surface area contributed by atoms with Gasteiger partial charge in [-0.05, 0) is 30.6 Å². The lowest BCUT2D eigenvalue weighted by Gasteiger charge is -2.24. The summed E-state index contributed by atoms with van der Waals surface area (Å²) in [5.74, 6) is 0.863. The fourth-order valence-electron chi connectivity index (χ4n) is 2.32. The first-order chi connectivity index (χ1) is 7.91. The van der Waals surface area contributed by atoms with Crippen LogP contribution in [0.3, 0.4) is 0 Å². The normalized spacial score (nSPS) is 22.3. The van der Waals surface area contributed by atoms with Gasteiger partial charge in [0.05, 0.1) is 11.7 Å². The van der Waals surface area contributed by atoms with Crippen molar-refractivity contribution in [2.45, 2.75) is 59.4 Å². The minimum atomic E-state index is 0.0678. The van der Waals surface area contributed by atoms with Crippen LogP contribution in [0.15, 0.2) is 0 Å². The van der Waals surface area contributed by atoms with Gasteiger partial charge >= 0.3 is 0 Å². The monoisotopic (exact) mass is 252 g/mol. The summed E-state index contributed by atoms with van der Waals surface area (Å²) < 4.78 is 0. The van der Waals surface area contributed by atoms with E-state index in [2.05, 4.69) is 27.7 Å². The summed E-state index contributed by atoms with van der Waals surface area (Å²) in [6, 6.07) is 0.0678. The Hall–Kier alpha value is -0.410. The molecule has 96 valence electrons. The molecule has 2 nitrogen and oxygen atoms in total. The molecule has 17 heavy (non-hydrogen) atoms. The molecule has 2 atom stereocenters. The molecule has 2 unspecified atom stereocenters. The molecule has 3 heteroatoms. The zero-order valence-corrected chi connectivity index (χ0v) is 12.2. The SMILES string of the molecule is CCC1CCc2nc(C(N)C(C)(C)C)sc2C1. The standard InChI is InChI=1S/C14H24N2S/c1-5-9-6-7-10-11(8-9)17-13(16-10)12(15)14(2,3)4/h9,12H,5-8,15H2,1-4H3. The first-order valence-corrected chi connectivity index (χ1v) is 7.47. The van der Waals surface area contributed by atoms with Gasteiger partial charge in [-0.25, -0.2) is 4.98 Å². The van der Waals surface area contributed by atoms with Gasteiger partial charge in [0.1, 0.15) is 5.01 Å². The zero-order valence-electron chi connectivity index (χ0n) is 11.4. The number of thiazole rings is 1. The molecule has 1 aliphatic carbocycles. The number of aromatic nitrogens is 1. The predicted octanol–water partition coefficient (Wildman–Crippen LogP) is 3.70. The Morgan fingerprint density at radius 3 is 2.76 bits per heavy atom. The maximum absolute atomic E-state index is 6.30. The molecule has 0 saturated heterocycles. The predicted molar refractivity (Wildman–Crippen MR) is 74.3 cm³/mol. The molecule has 0 radical (unpaired) electrons. The summed E-state index contributed by atoms with van der Waals surface area (Å²) in [7, 11) is 0. The van der Waals surface area contributed by atoms with Crippen molar-refractivity contribution in [1.82, 2.24) is 4.98 Å². The van der Waals surface area contributed by atoms with E-state index in [4.69, 9.17) is 10.7 Å². The molecule has 0 aromatic carbocycles. The summed E-state index contributed by atoms with van der Waals surface area (Å²) in [6.45, 7) is 8.85. The molecule has 1 aromatic rings. The third kappa shape index (κ3) is 2.71. The highest BCUT2D eigenvalue weighted by atomic mass is 32.1. The molecule has 1 aliphatic rings. The molecule has 1 heterocycles. The Balaban J connectivity index is 2.21. The average molecular weight is 252 g/mol. The van der Waals surface area contributed by atoms with Crippen molar-refractivity contribution in [1.29, 1.82) is 0 Å². The summed E-state index contributed by atoms with van der Waals surface area (Å²) in [5.41, 5.74) is 7.73. The Morgan fingerprint density at radius 1 is 1.47 bits per heavy atom. The molecule has 0 amide bonds. The van der Waals surface area contributed by atoms with Crippen LogP contribution in [0.1, 0.15) is 62.2 Å². The van der Waals surface area contributed by atoms with Gasteiger partial charge in [0.2, 0.25) is 0 Å². The third-order valence-electron chi connectivity index (χ3n) is 3.83. The summed E-state index contributed by atoms with van der Waals surface area (Å²) in [5, 5.41) is 1.14. The Bertz CT molecular complexity index is 389. The van der Waals surface area contributed by atoms with E-state index in [-0.39, 0.29) is 11.5 Å². The Kier molecular flexibility index (Phi) is 3.60. The molecular formula is C14H24N2S. The highest BCUT2D eigenvalue weighted by Crippen LogP contribution is 2.37. The summed E-state index contributed by atoms with van der Waals surface area (Å²) >= 11 is 1.85. The van der Waals surface area contributed by atoms with Gasteiger partial charge in [-0.3, -0.25) is 0 Å². The van der Waals surface area contributed by atoms with Crippen molar-refractivity contribution in [3.05, 3.63) is 15.6 Å². The van der Waals surface area contributed by atoms with Crippen molar-refractivity contribution in [2.24, 2.45) is 17.1 Å². The van der Waals surface area contributed by atoms with Crippen LogP contribution < -0.4 is 5.73 Å². The van der Waals surface area contributed by atoms with Gasteiger partial charge in [-0.1, -0.05) is 34.1 Å². The van der Waals surface area contributed by atoms with Gasteiger partial charge in [0.25, 0.3) is 0 Å². The first-order valence-electron chi connectivity index (χ1n) is 6.66. The van der Waals surface area contributed by atoms with Crippen LogP contribution in [0.25, 0.3) is 0 Å². The first kappa shape index (κ1) is 13.0. The van der Waals surface area contributed by atoms with Crippen molar-refractivity contribution in [3.63, 3.8) is 0 Å². The van der Waals surface area contributed by atoms with Crippen molar-refractivity contribution >= 4 is 11.3 Å². The van der Waals surface area contributed by atoms with E-state index in [1.54, 1.807) is 0 Å². The minimum Gasteiger partial charge on any atom is -0.322 e. The molecule has 0 spiro atoms. The third-order valence-corrected chi connectivity index (χ3v) is 5.04. The zero-order chi connectivity index (χ0) is 12.6. The van der Waals surface area contributed by atoms with Crippen molar-refractivity contribution in [2.75, 3.05) is 0 Å². The highest BCUT2D eigenvalue weighted by Gasteiger charge is 2.28. The topological polar surface area (TPSA) is 38.9 Å². The lowest BCUT2D eigenvalue weighted by Crippen LogP contribution is -2.26. The number of rotatable bonds is 2.